The number of carbonyl (C=O) groups is 1. The second kappa shape index (κ2) is 9.24. The maximum Gasteiger partial charge on any atom is 0.409 e. The molecule has 7 nitrogen and oxygen atoms in total. The molecule has 28 heavy (non-hydrogen) atoms. The molecule has 1 saturated heterocycles. The number of carbonyl (C=O) groups excluding carboxylic acids is 1. The third-order valence-electron chi connectivity index (χ3n) is 5.77. The van der Waals surface area contributed by atoms with Gasteiger partial charge in [0.05, 0.1) is 32.1 Å². The predicted molar refractivity (Wildman–Crippen MR) is 107 cm³/mol. The molecule has 1 aromatic carbocycles. The first-order valence-electron chi connectivity index (χ1n) is 9.86. The monoisotopic (exact) mass is 410 g/mol. The molecule has 2 fully saturated rings. The number of nitrogens with zero attached hydrogens (tertiary/aromatic N) is 1. The van der Waals surface area contributed by atoms with E-state index in [0.29, 0.717) is 25.5 Å². The Kier molecular flexibility index (Phi) is 6.95. The normalized spacial score (nSPS) is 28.3. The summed E-state index contributed by atoms with van der Waals surface area (Å²) in [6.07, 6.45) is 5.46. The zero-order chi connectivity index (χ0) is 20.1. The largest absolute Gasteiger partial charge is 0.453 e. The molecule has 0 aromatic heterocycles. The molecule has 2 atom stereocenters. The van der Waals surface area contributed by atoms with Crippen LogP contribution in [0.5, 0.6) is 0 Å². The molecule has 2 aliphatic rings. The topological polar surface area (TPSA) is 84.9 Å². The molecule has 0 bridgehead atoms. The molecule has 1 amide bonds. The standard InChI is InChI=1S/C20H30N2O5S/c1-26-20(23)22-13-12-18(21-28(2,24)25)19(22)14-27-17-10-8-16(9-11-17)15-6-4-3-5-7-15/h3-7,16-19,21H,8-14H2,1-2H3/t16-,17+,18-,19-/m1/s1. The highest BCUT2D eigenvalue weighted by molar-refractivity contribution is 7.88. The van der Waals surface area contributed by atoms with Gasteiger partial charge in [0.25, 0.3) is 0 Å². The van der Waals surface area contributed by atoms with E-state index in [1.54, 1.807) is 4.90 Å². The summed E-state index contributed by atoms with van der Waals surface area (Å²) in [4.78, 5) is 13.6. The highest BCUT2D eigenvalue weighted by Crippen LogP contribution is 2.34. The SMILES string of the molecule is COC(=O)N1CC[C@@H](NS(C)(=O)=O)[C@H]1CO[C@H]1CC[C@@H](c2ccccc2)CC1. The van der Waals surface area contributed by atoms with Gasteiger partial charge in [-0.3, -0.25) is 0 Å². The fraction of sp³-hybridized carbons (Fsp3) is 0.650. The molecule has 1 N–H and O–H groups in total. The minimum absolute atomic E-state index is 0.138. The van der Waals surface area contributed by atoms with Gasteiger partial charge in [0.2, 0.25) is 10.0 Å². The lowest BCUT2D eigenvalue weighted by molar-refractivity contribution is -0.00534. The molecule has 0 unspecified atom stereocenters. The van der Waals surface area contributed by atoms with Crippen molar-refractivity contribution in [3.05, 3.63) is 35.9 Å². The summed E-state index contributed by atoms with van der Waals surface area (Å²) in [5, 5.41) is 0. The van der Waals surface area contributed by atoms with Crippen LogP contribution in [0.2, 0.25) is 0 Å². The highest BCUT2D eigenvalue weighted by Gasteiger charge is 2.39. The van der Waals surface area contributed by atoms with Crippen molar-refractivity contribution in [3.8, 4) is 0 Å². The van der Waals surface area contributed by atoms with E-state index in [2.05, 4.69) is 29.0 Å². The van der Waals surface area contributed by atoms with E-state index in [4.69, 9.17) is 9.47 Å². The van der Waals surface area contributed by atoms with Crippen molar-refractivity contribution in [2.24, 2.45) is 0 Å². The quantitative estimate of drug-likeness (QED) is 0.779. The molecular weight excluding hydrogens is 380 g/mol. The Morgan fingerprint density at radius 2 is 1.82 bits per heavy atom. The van der Waals surface area contributed by atoms with Gasteiger partial charge in [-0.1, -0.05) is 30.3 Å². The summed E-state index contributed by atoms with van der Waals surface area (Å²) >= 11 is 0. The predicted octanol–water partition coefficient (Wildman–Crippen LogP) is 2.49. The molecule has 3 rings (SSSR count). The maximum absolute atomic E-state index is 12.1. The number of likely N-dealkylation sites (tertiary alicyclic amines) is 1. The number of nitrogens with one attached hydrogen (secondary N) is 1. The third-order valence-corrected chi connectivity index (χ3v) is 6.50. The van der Waals surface area contributed by atoms with Crippen molar-refractivity contribution in [1.82, 2.24) is 9.62 Å². The van der Waals surface area contributed by atoms with Crippen LogP contribution in [0, 0.1) is 0 Å². The van der Waals surface area contributed by atoms with Gasteiger partial charge in [0.15, 0.2) is 0 Å². The summed E-state index contributed by atoms with van der Waals surface area (Å²) in [5.41, 5.74) is 1.38. The number of methoxy groups -OCH3 is 1. The van der Waals surface area contributed by atoms with Crippen LogP contribution in [0.25, 0.3) is 0 Å². The van der Waals surface area contributed by atoms with E-state index in [9.17, 15) is 13.2 Å². The van der Waals surface area contributed by atoms with Gasteiger partial charge >= 0.3 is 6.09 Å². The second-order valence-electron chi connectivity index (χ2n) is 7.73. The van der Waals surface area contributed by atoms with Crippen LogP contribution in [-0.2, 0) is 19.5 Å². The first-order valence-corrected chi connectivity index (χ1v) is 11.7. The molecule has 1 aliphatic heterocycles. The summed E-state index contributed by atoms with van der Waals surface area (Å²) in [7, 11) is -2.03. The number of benzene rings is 1. The zero-order valence-electron chi connectivity index (χ0n) is 16.5. The Labute approximate surface area is 167 Å². The van der Waals surface area contributed by atoms with Gasteiger partial charge in [-0.25, -0.2) is 17.9 Å². The van der Waals surface area contributed by atoms with E-state index in [-0.39, 0.29) is 18.2 Å². The number of amides is 1. The van der Waals surface area contributed by atoms with Gasteiger partial charge in [0.1, 0.15) is 0 Å². The zero-order valence-corrected chi connectivity index (χ0v) is 17.4. The van der Waals surface area contributed by atoms with Crippen molar-refractivity contribution in [2.75, 3.05) is 26.5 Å². The van der Waals surface area contributed by atoms with E-state index < -0.39 is 16.1 Å². The van der Waals surface area contributed by atoms with Crippen LogP contribution in [-0.4, -0.2) is 64.1 Å². The van der Waals surface area contributed by atoms with Crippen LogP contribution in [0.3, 0.4) is 0 Å². The van der Waals surface area contributed by atoms with E-state index in [0.717, 1.165) is 31.9 Å². The minimum atomic E-state index is -3.36. The first kappa shape index (κ1) is 21.1. The Hall–Kier alpha value is -1.64. The van der Waals surface area contributed by atoms with Crippen molar-refractivity contribution >= 4 is 16.1 Å². The number of hydrogen-bond acceptors (Lipinski definition) is 5. The molecular formula is C20H30N2O5S. The van der Waals surface area contributed by atoms with Crippen LogP contribution in [0.4, 0.5) is 4.79 Å². The van der Waals surface area contributed by atoms with Crippen molar-refractivity contribution in [1.29, 1.82) is 0 Å². The molecule has 8 heteroatoms. The number of hydrogen-bond donors (Lipinski definition) is 1. The van der Waals surface area contributed by atoms with Gasteiger partial charge in [0, 0.05) is 12.6 Å². The highest BCUT2D eigenvalue weighted by atomic mass is 32.2. The Bertz CT molecular complexity index is 747. The Morgan fingerprint density at radius 3 is 2.43 bits per heavy atom. The van der Waals surface area contributed by atoms with Crippen LogP contribution in [0.15, 0.2) is 30.3 Å². The second-order valence-corrected chi connectivity index (χ2v) is 9.51. The third kappa shape index (κ3) is 5.46. The number of rotatable bonds is 6. The van der Waals surface area contributed by atoms with Gasteiger partial charge in [-0.05, 0) is 43.6 Å². The lowest BCUT2D eigenvalue weighted by Gasteiger charge is -2.32. The molecule has 0 spiro atoms. The van der Waals surface area contributed by atoms with Crippen molar-refractivity contribution < 1.29 is 22.7 Å². The summed E-state index contributed by atoms with van der Waals surface area (Å²) in [6.45, 7) is 0.761. The van der Waals surface area contributed by atoms with Gasteiger partial charge in [-0.15, -0.1) is 0 Å². The Balaban J connectivity index is 1.55. The maximum atomic E-state index is 12.1. The molecule has 1 heterocycles. The average molecular weight is 411 g/mol. The molecule has 1 aromatic rings. The van der Waals surface area contributed by atoms with Crippen molar-refractivity contribution in [3.63, 3.8) is 0 Å². The summed E-state index contributed by atoms with van der Waals surface area (Å²) < 4.78 is 37.0. The van der Waals surface area contributed by atoms with Crippen LogP contribution >= 0.6 is 0 Å². The van der Waals surface area contributed by atoms with Crippen LogP contribution in [0.1, 0.15) is 43.6 Å². The minimum Gasteiger partial charge on any atom is -0.453 e. The smallest absolute Gasteiger partial charge is 0.409 e. The van der Waals surface area contributed by atoms with E-state index >= 15 is 0 Å². The fourth-order valence-electron chi connectivity index (χ4n) is 4.34. The molecule has 156 valence electrons. The molecule has 1 saturated carbocycles. The number of sulfonamides is 1. The summed E-state index contributed by atoms with van der Waals surface area (Å²) in [6, 6.07) is 9.85. The first-order chi connectivity index (χ1) is 13.4. The van der Waals surface area contributed by atoms with Crippen LogP contribution < -0.4 is 4.72 Å². The Morgan fingerprint density at radius 1 is 1.14 bits per heavy atom. The molecule has 1 aliphatic carbocycles. The molecule has 0 radical (unpaired) electrons. The average Bonchev–Trinajstić information content (AvgIpc) is 3.07. The van der Waals surface area contributed by atoms with Gasteiger partial charge in [-0.2, -0.15) is 0 Å². The number of ether oxygens (including phenoxy) is 2. The van der Waals surface area contributed by atoms with E-state index in [1.807, 2.05) is 6.07 Å². The van der Waals surface area contributed by atoms with Gasteiger partial charge < -0.3 is 14.4 Å². The van der Waals surface area contributed by atoms with Crippen molar-refractivity contribution in [2.45, 2.75) is 56.2 Å². The van der Waals surface area contributed by atoms with E-state index in [1.165, 1.54) is 12.7 Å². The lowest BCUT2D eigenvalue weighted by atomic mass is 9.83. The lowest BCUT2D eigenvalue weighted by Crippen LogP contribution is -2.49. The summed E-state index contributed by atoms with van der Waals surface area (Å²) in [5.74, 6) is 0.568. The fourth-order valence-corrected chi connectivity index (χ4v) is 5.16.